The van der Waals surface area contributed by atoms with Gasteiger partial charge in [-0.2, -0.15) is 5.10 Å². The summed E-state index contributed by atoms with van der Waals surface area (Å²) in [6.45, 7) is 2.13. The zero-order valence-electron chi connectivity index (χ0n) is 12.8. The molecule has 9 heteroatoms. The van der Waals surface area contributed by atoms with Gasteiger partial charge >= 0.3 is 0 Å². The average molecular weight is 339 g/mol. The Morgan fingerprint density at radius 1 is 1.32 bits per heavy atom. The first-order valence-electron chi connectivity index (χ1n) is 7.01. The maximum absolute atomic E-state index is 15.1. The molecular weight excluding hydrogens is 319 g/mol. The summed E-state index contributed by atoms with van der Waals surface area (Å²) in [5, 5.41) is 0.863. The van der Waals surface area contributed by atoms with E-state index in [1.54, 1.807) is 0 Å². The molecule has 1 aliphatic rings. The van der Waals surface area contributed by atoms with E-state index < -0.39 is 37.8 Å². The van der Waals surface area contributed by atoms with Crippen LogP contribution >= 0.6 is 0 Å². The zero-order chi connectivity index (χ0) is 16.7. The lowest BCUT2D eigenvalue weighted by Gasteiger charge is -2.36. The van der Waals surface area contributed by atoms with E-state index in [1.807, 2.05) is 11.9 Å². The Labute approximate surface area is 128 Å². The Bertz CT molecular complexity index is 635. The minimum Gasteiger partial charge on any atom is -0.306 e. The molecule has 1 aromatic rings. The van der Waals surface area contributed by atoms with Gasteiger partial charge < -0.3 is 4.90 Å². The van der Waals surface area contributed by atoms with Gasteiger partial charge in [0.25, 0.3) is 6.43 Å². The second kappa shape index (κ2) is 5.84. The number of hydrogen-bond acceptors (Lipinski definition) is 4. The van der Waals surface area contributed by atoms with Gasteiger partial charge in [0, 0.05) is 19.2 Å². The van der Waals surface area contributed by atoms with Crippen LogP contribution in [0.3, 0.4) is 0 Å². The topological polar surface area (TPSA) is 55.2 Å². The van der Waals surface area contributed by atoms with Crippen molar-refractivity contribution in [3.8, 4) is 0 Å². The molecule has 126 valence electrons. The van der Waals surface area contributed by atoms with Crippen molar-refractivity contribution in [3.05, 3.63) is 11.9 Å². The van der Waals surface area contributed by atoms with Crippen LogP contribution in [-0.2, 0) is 16.9 Å². The highest BCUT2D eigenvalue weighted by Crippen LogP contribution is 2.41. The third kappa shape index (κ3) is 2.88. The fourth-order valence-corrected chi connectivity index (χ4v) is 4.60. The molecule has 1 atom stereocenters. The fourth-order valence-electron chi connectivity index (χ4n) is 2.80. The Hall–Kier alpha value is -1.09. The molecule has 0 N–H and O–H groups in total. The van der Waals surface area contributed by atoms with E-state index in [1.165, 1.54) is 7.05 Å². The molecule has 1 unspecified atom stereocenters. The Morgan fingerprint density at radius 3 is 2.36 bits per heavy atom. The van der Waals surface area contributed by atoms with E-state index in [9.17, 15) is 17.2 Å². The predicted octanol–water partition coefficient (Wildman–Crippen LogP) is 2.16. The summed E-state index contributed by atoms with van der Waals surface area (Å²) in [6, 6.07) is 0. The maximum Gasteiger partial charge on any atom is 0.283 e. The molecule has 0 spiro atoms. The van der Waals surface area contributed by atoms with Crippen LogP contribution in [0.25, 0.3) is 0 Å². The van der Waals surface area contributed by atoms with Gasteiger partial charge in [0.1, 0.15) is 10.6 Å². The summed E-state index contributed by atoms with van der Waals surface area (Å²) < 4.78 is 67.3. The molecule has 1 aliphatic heterocycles. The van der Waals surface area contributed by atoms with Crippen LogP contribution in [0.4, 0.5) is 13.2 Å². The number of piperidine rings is 1. The summed E-state index contributed by atoms with van der Waals surface area (Å²) in [4.78, 5) is 1.27. The summed E-state index contributed by atoms with van der Waals surface area (Å²) in [5.74, 6) is -0.723. The normalized spacial score (nSPS) is 21.2. The quantitative estimate of drug-likeness (QED) is 0.843. The highest BCUT2D eigenvalue weighted by molar-refractivity contribution is 7.92. The van der Waals surface area contributed by atoms with Crippen molar-refractivity contribution in [1.29, 1.82) is 0 Å². The van der Waals surface area contributed by atoms with Crippen molar-refractivity contribution in [1.82, 2.24) is 14.7 Å². The van der Waals surface area contributed by atoms with Crippen molar-refractivity contribution in [2.75, 3.05) is 20.1 Å². The van der Waals surface area contributed by atoms with E-state index in [0.717, 1.165) is 17.8 Å². The Kier molecular flexibility index (Phi) is 4.59. The number of halogens is 3. The van der Waals surface area contributed by atoms with Crippen molar-refractivity contribution in [2.24, 2.45) is 13.0 Å². The van der Waals surface area contributed by atoms with E-state index in [-0.39, 0.29) is 0 Å². The molecule has 1 aromatic heterocycles. The second-order valence-corrected chi connectivity index (χ2v) is 8.16. The first-order valence-corrected chi connectivity index (χ1v) is 8.49. The molecule has 0 amide bonds. The zero-order valence-corrected chi connectivity index (χ0v) is 13.6. The summed E-state index contributed by atoms with van der Waals surface area (Å²) in [6.07, 6.45) is -1.39. The van der Waals surface area contributed by atoms with Crippen LogP contribution in [0.1, 0.15) is 31.9 Å². The lowest BCUT2D eigenvalue weighted by atomic mass is 9.93. The number of likely N-dealkylation sites (tertiary alicyclic amines) is 1. The molecule has 1 saturated heterocycles. The third-order valence-corrected chi connectivity index (χ3v) is 6.57. The third-order valence-electron chi connectivity index (χ3n) is 4.29. The van der Waals surface area contributed by atoms with Gasteiger partial charge in [-0.1, -0.05) is 0 Å². The minimum absolute atomic E-state index is 0.368. The summed E-state index contributed by atoms with van der Waals surface area (Å²) in [5.41, 5.74) is -0.890. The number of alkyl halides is 3. The molecule has 2 rings (SSSR count). The van der Waals surface area contributed by atoms with Crippen LogP contribution < -0.4 is 0 Å². The molecule has 0 aliphatic carbocycles. The fraction of sp³-hybridized carbons (Fsp3) is 0.769. The van der Waals surface area contributed by atoms with Crippen LogP contribution in [0.2, 0.25) is 0 Å². The van der Waals surface area contributed by atoms with E-state index in [0.29, 0.717) is 25.9 Å². The highest BCUT2D eigenvalue weighted by Gasteiger charge is 2.50. The van der Waals surface area contributed by atoms with Gasteiger partial charge in [-0.3, -0.25) is 4.68 Å². The van der Waals surface area contributed by atoms with Crippen molar-refractivity contribution in [2.45, 2.75) is 36.1 Å². The molecule has 0 saturated carbocycles. The lowest BCUT2D eigenvalue weighted by molar-refractivity contribution is 0.115. The standard InChI is InChI=1S/C13H20F3N3O2S/c1-13(16,9-4-6-18(2)7-5-9)22(20,21)10-8-19(3)17-11(10)12(14)15/h8-9,12H,4-7H2,1-3H3. The molecule has 0 aromatic carbocycles. The molecule has 0 bridgehead atoms. The van der Waals surface area contributed by atoms with Gasteiger partial charge in [0.2, 0.25) is 14.8 Å². The van der Waals surface area contributed by atoms with Gasteiger partial charge in [0.15, 0.2) is 0 Å². The molecule has 5 nitrogen and oxygen atoms in total. The monoisotopic (exact) mass is 339 g/mol. The van der Waals surface area contributed by atoms with Gasteiger partial charge in [-0.05, 0) is 39.9 Å². The Morgan fingerprint density at radius 2 is 1.86 bits per heavy atom. The van der Waals surface area contributed by atoms with Crippen LogP contribution in [-0.4, -0.2) is 48.2 Å². The highest BCUT2D eigenvalue weighted by atomic mass is 32.2. The largest absolute Gasteiger partial charge is 0.306 e. The number of aryl methyl sites for hydroxylation is 1. The van der Waals surface area contributed by atoms with Gasteiger partial charge in [-0.25, -0.2) is 21.6 Å². The average Bonchev–Trinajstić information content (AvgIpc) is 2.82. The Balaban J connectivity index is 2.41. The SMILES string of the molecule is CN1CCC(C(C)(F)S(=O)(=O)c2cn(C)nc2C(F)F)CC1. The molecular formula is C13H20F3N3O2S. The number of hydrogen-bond donors (Lipinski definition) is 0. The van der Waals surface area contributed by atoms with Crippen molar-refractivity contribution < 1.29 is 21.6 Å². The summed E-state index contributed by atoms with van der Waals surface area (Å²) >= 11 is 0. The van der Waals surface area contributed by atoms with Crippen LogP contribution in [0.5, 0.6) is 0 Å². The molecule has 1 fully saturated rings. The van der Waals surface area contributed by atoms with E-state index in [4.69, 9.17) is 0 Å². The first-order chi connectivity index (χ1) is 10.1. The van der Waals surface area contributed by atoms with Crippen LogP contribution in [0, 0.1) is 5.92 Å². The van der Waals surface area contributed by atoms with Gasteiger partial charge in [0.05, 0.1) is 0 Å². The smallest absolute Gasteiger partial charge is 0.283 e. The molecule has 0 radical (unpaired) electrons. The molecule has 22 heavy (non-hydrogen) atoms. The maximum atomic E-state index is 15.1. The van der Waals surface area contributed by atoms with Gasteiger partial charge in [-0.15, -0.1) is 0 Å². The number of rotatable bonds is 4. The minimum atomic E-state index is -4.56. The summed E-state index contributed by atoms with van der Waals surface area (Å²) in [7, 11) is -1.36. The lowest BCUT2D eigenvalue weighted by Crippen LogP contribution is -2.44. The van der Waals surface area contributed by atoms with Crippen molar-refractivity contribution in [3.63, 3.8) is 0 Å². The number of nitrogens with zero attached hydrogens (tertiary/aromatic N) is 3. The number of aromatic nitrogens is 2. The molecule has 2 heterocycles. The first kappa shape index (κ1) is 17.3. The van der Waals surface area contributed by atoms with Crippen molar-refractivity contribution >= 4 is 9.84 Å². The van der Waals surface area contributed by atoms with E-state index >= 15 is 4.39 Å². The van der Waals surface area contributed by atoms with E-state index in [2.05, 4.69) is 5.10 Å². The predicted molar refractivity (Wildman–Crippen MR) is 75.1 cm³/mol. The number of sulfone groups is 1. The second-order valence-electron chi connectivity index (χ2n) is 5.92. The van der Waals surface area contributed by atoms with Crippen LogP contribution in [0.15, 0.2) is 11.1 Å².